The average Bonchev–Trinajstić information content (AvgIpc) is 1.98. The molecule has 0 saturated carbocycles. The van der Waals surface area contributed by atoms with Crippen molar-refractivity contribution in [1.82, 2.24) is 0 Å². The molecule has 62 valence electrons. The van der Waals surface area contributed by atoms with Crippen LogP contribution in [0, 0.1) is 5.92 Å². The maximum Gasteiger partial charge on any atom is 0.00764 e. The summed E-state index contributed by atoms with van der Waals surface area (Å²) in [5.74, 6) is 2.03. The number of nitrogens with two attached hydrogens (primary N) is 1. The van der Waals surface area contributed by atoms with E-state index in [1.165, 1.54) is 37.6 Å². The third-order valence-electron chi connectivity index (χ3n) is 1.91. The second-order valence-corrected chi connectivity index (χ2v) is 3.62. The van der Waals surface area contributed by atoms with Gasteiger partial charge in [0.05, 0.1) is 0 Å². The van der Waals surface area contributed by atoms with Crippen LogP contribution in [-0.2, 0) is 0 Å². The second-order valence-electron chi connectivity index (χ2n) is 2.88. The predicted molar refractivity (Wildman–Crippen MR) is 50.0 cm³/mol. The molecule has 0 bridgehead atoms. The largest absolute Gasteiger partial charge is 0.278 e. The van der Waals surface area contributed by atoms with Crippen LogP contribution >= 0.6 is 11.9 Å². The van der Waals surface area contributed by atoms with Crippen molar-refractivity contribution in [2.24, 2.45) is 11.1 Å². The molecule has 0 amide bonds. The first kappa shape index (κ1) is 10.3. The van der Waals surface area contributed by atoms with Crippen molar-refractivity contribution >= 4 is 11.9 Å². The van der Waals surface area contributed by atoms with Gasteiger partial charge >= 0.3 is 0 Å². The van der Waals surface area contributed by atoms with E-state index in [1.54, 1.807) is 0 Å². The Morgan fingerprint density at radius 2 is 2.10 bits per heavy atom. The lowest BCUT2D eigenvalue weighted by atomic mass is 10.0. The molecule has 0 aliphatic carbocycles. The molecule has 0 aromatic heterocycles. The van der Waals surface area contributed by atoms with Crippen LogP contribution in [0.15, 0.2) is 0 Å². The zero-order valence-corrected chi connectivity index (χ0v) is 7.91. The van der Waals surface area contributed by atoms with E-state index in [1.807, 2.05) is 0 Å². The predicted octanol–water partition coefficient (Wildman–Crippen LogP) is 2.81. The first-order valence-electron chi connectivity index (χ1n) is 4.13. The zero-order chi connectivity index (χ0) is 7.82. The number of unbranched alkanes of at least 4 members (excludes halogenated alkanes) is 1. The van der Waals surface area contributed by atoms with Gasteiger partial charge in [-0.15, -0.1) is 0 Å². The molecule has 0 spiro atoms. The molecule has 0 aliphatic heterocycles. The van der Waals surface area contributed by atoms with Crippen molar-refractivity contribution in [1.29, 1.82) is 0 Å². The summed E-state index contributed by atoms with van der Waals surface area (Å²) in [7, 11) is 0. The summed E-state index contributed by atoms with van der Waals surface area (Å²) in [6, 6.07) is 0. The van der Waals surface area contributed by atoms with Crippen LogP contribution in [0.4, 0.5) is 0 Å². The summed E-state index contributed by atoms with van der Waals surface area (Å²) in [6.07, 6.45) is 5.32. The topological polar surface area (TPSA) is 26.0 Å². The molecule has 0 saturated heterocycles. The van der Waals surface area contributed by atoms with Gasteiger partial charge in [0, 0.05) is 5.75 Å². The lowest BCUT2D eigenvalue weighted by molar-refractivity contribution is 0.493. The summed E-state index contributed by atoms with van der Waals surface area (Å²) in [6.45, 7) is 4.57. The van der Waals surface area contributed by atoms with Crippen molar-refractivity contribution in [2.75, 3.05) is 5.75 Å². The van der Waals surface area contributed by atoms with Gasteiger partial charge in [0.2, 0.25) is 0 Å². The van der Waals surface area contributed by atoms with Gasteiger partial charge in [0.15, 0.2) is 0 Å². The fourth-order valence-corrected chi connectivity index (χ4v) is 1.25. The van der Waals surface area contributed by atoms with E-state index in [0.29, 0.717) is 0 Å². The molecule has 2 heteroatoms. The van der Waals surface area contributed by atoms with Gasteiger partial charge in [-0.3, -0.25) is 5.14 Å². The number of rotatable bonds is 6. The Hall–Kier alpha value is 0.310. The fourth-order valence-electron chi connectivity index (χ4n) is 0.882. The normalized spacial score (nSPS) is 13.5. The summed E-state index contributed by atoms with van der Waals surface area (Å²) < 4.78 is 0. The van der Waals surface area contributed by atoms with Gasteiger partial charge in [-0.05, 0) is 12.3 Å². The van der Waals surface area contributed by atoms with Crippen LogP contribution in [0.25, 0.3) is 0 Å². The molecule has 2 N–H and O–H groups in total. The lowest BCUT2D eigenvalue weighted by Crippen LogP contribution is -1.93. The Morgan fingerprint density at radius 1 is 1.40 bits per heavy atom. The smallest absolute Gasteiger partial charge is 0.00764 e. The van der Waals surface area contributed by atoms with E-state index in [2.05, 4.69) is 13.8 Å². The van der Waals surface area contributed by atoms with Crippen LogP contribution in [0.3, 0.4) is 0 Å². The first-order chi connectivity index (χ1) is 4.81. The molecule has 0 radical (unpaired) electrons. The molecule has 0 rings (SSSR count). The quantitative estimate of drug-likeness (QED) is 0.479. The van der Waals surface area contributed by atoms with Gasteiger partial charge in [-0.1, -0.05) is 45.1 Å². The third kappa shape index (κ3) is 6.43. The summed E-state index contributed by atoms with van der Waals surface area (Å²) in [4.78, 5) is 0. The van der Waals surface area contributed by atoms with E-state index < -0.39 is 0 Å². The number of hydrogen-bond donors (Lipinski definition) is 1. The van der Waals surface area contributed by atoms with E-state index in [0.717, 1.165) is 11.7 Å². The molecule has 1 nitrogen and oxygen atoms in total. The monoisotopic (exact) mass is 161 g/mol. The van der Waals surface area contributed by atoms with Gasteiger partial charge in [-0.2, -0.15) is 0 Å². The minimum absolute atomic E-state index is 0.905. The molecule has 0 heterocycles. The molecule has 0 aromatic rings. The molecule has 0 fully saturated rings. The minimum atomic E-state index is 0.905. The molecule has 1 unspecified atom stereocenters. The minimum Gasteiger partial charge on any atom is -0.278 e. The molecule has 0 aromatic carbocycles. The van der Waals surface area contributed by atoms with Crippen molar-refractivity contribution in [3.8, 4) is 0 Å². The van der Waals surface area contributed by atoms with Crippen LogP contribution in [0.5, 0.6) is 0 Å². The Balaban J connectivity index is 2.89. The van der Waals surface area contributed by atoms with E-state index in [9.17, 15) is 0 Å². The van der Waals surface area contributed by atoms with Gasteiger partial charge in [0.1, 0.15) is 0 Å². The molecular formula is C8H19NS. The van der Waals surface area contributed by atoms with E-state index >= 15 is 0 Å². The Morgan fingerprint density at radius 3 is 2.60 bits per heavy atom. The summed E-state index contributed by atoms with van der Waals surface area (Å²) >= 11 is 1.46. The zero-order valence-electron chi connectivity index (χ0n) is 7.10. The fraction of sp³-hybridized carbons (Fsp3) is 1.00. The van der Waals surface area contributed by atoms with E-state index in [-0.39, 0.29) is 0 Å². The lowest BCUT2D eigenvalue weighted by Gasteiger charge is -2.06. The number of hydrogen-bond acceptors (Lipinski definition) is 2. The molecule has 1 atom stereocenters. The average molecular weight is 161 g/mol. The van der Waals surface area contributed by atoms with Crippen LogP contribution in [0.2, 0.25) is 0 Å². The Labute approximate surface area is 68.9 Å². The maximum atomic E-state index is 5.29. The highest BCUT2D eigenvalue weighted by Gasteiger charge is 1.96. The molecule has 10 heavy (non-hydrogen) atoms. The summed E-state index contributed by atoms with van der Waals surface area (Å²) in [5.41, 5.74) is 0. The molecular weight excluding hydrogens is 142 g/mol. The van der Waals surface area contributed by atoms with Gasteiger partial charge in [-0.25, -0.2) is 0 Å². The standard InChI is InChI=1S/C8H19NS/c1-3-8(2)6-4-5-7-10-9/h8H,3-7,9H2,1-2H3. The first-order valence-corrected chi connectivity index (χ1v) is 5.17. The SMILES string of the molecule is CCC(C)CCCCSN. The highest BCUT2D eigenvalue weighted by Crippen LogP contribution is 2.11. The van der Waals surface area contributed by atoms with Crippen molar-refractivity contribution in [3.05, 3.63) is 0 Å². The van der Waals surface area contributed by atoms with E-state index in [4.69, 9.17) is 5.14 Å². The Bertz CT molecular complexity index is 66.3. The van der Waals surface area contributed by atoms with Crippen LogP contribution in [-0.4, -0.2) is 5.75 Å². The Kier molecular flexibility index (Phi) is 7.65. The van der Waals surface area contributed by atoms with Gasteiger partial charge in [0.25, 0.3) is 0 Å². The molecule has 0 aliphatic rings. The van der Waals surface area contributed by atoms with Crippen molar-refractivity contribution in [3.63, 3.8) is 0 Å². The highest BCUT2D eigenvalue weighted by molar-refractivity contribution is 7.97. The summed E-state index contributed by atoms with van der Waals surface area (Å²) in [5, 5.41) is 5.29. The van der Waals surface area contributed by atoms with Crippen molar-refractivity contribution < 1.29 is 0 Å². The van der Waals surface area contributed by atoms with Crippen LogP contribution < -0.4 is 5.14 Å². The highest BCUT2D eigenvalue weighted by atomic mass is 32.2. The second kappa shape index (κ2) is 7.42. The van der Waals surface area contributed by atoms with Crippen molar-refractivity contribution in [2.45, 2.75) is 39.5 Å². The van der Waals surface area contributed by atoms with Crippen LogP contribution in [0.1, 0.15) is 39.5 Å². The third-order valence-corrected chi connectivity index (χ3v) is 2.43. The van der Waals surface area contributed by atoms with Gasteiger partial charge < -0.3 is 0 Å². The maximum absolute atomic E-state index is 5.29.